The number of aryl methyl sites for hydroxylation is 2. The van der Waals surface area contributed by atoms with Crippen LogP contribution in [0.5, 0.6) is 0 Å². The van der Waals surface area contributed by atoms with E-state index in [9.17, 15) is 18.7 Å². The summed E-state index contributed by atoms with van der Waals surface area (Å²) in [6.07, 6.45) is 5.77. The highest BCUT2D eigenvalue weighted by atomic mass is 28.4. The summed E-state index contributed by atoms with van der Waals surface area (Å²) < 4.78 is 41.9. The van der Waals surface area contributed by atoms with Gasteiger partial charge in [0, 0.05) is 33.6 Å². The number of benzene rings is 4. The summed E-state index contributed by atoms with van der Waals surface area (Å²) in [6, 6.07) is 28.5. The van der Waals surface area contributed by atoms with Crippen molar-refractivity contribution in [1.29, 1.82) is 0 Å². The van der Waals surface area contributed by atoms with E-state index >= 15 is 0 Å². The number of carbonyl (C=O) groups is 1. The molecule has 0 atom stereocenters. The van der Waals surface area contributed by atoms with E-state index in [1.54, 1.807) is 18.2 Å². The molecule has 0 spiro atoms. The topological polar surface area (TPSA) is 81.5 Å². The standard InChI is InChI=1S/C31H38FNO3Si.C30H38FNOSi/c1-19(2)28-25(18-36-37(6,7)31(3,4)5)27(21-15-16-26(32)24(17-21)30(34)35)23-14-10-12-20-11-8-9-13-22(20)29(23)33-28;1-20(2)28-26(19-33-34(6,7)30(3,4)5)27(22-15-17-23(31)18-16-22)25-14-10-12-21-11-8-9-13-24(21)29(25)32-28/h8-9,11,13,15-17,19H,10,12,14,18H2,1-7H3,(H,34,35);8-9,11,13,15-18,20H,10,12,14,19H2,1-7H3. The van der Waals surface area contributed by atoms with Crippen molar-refractivity contribution in [3.8, 4) is 44.8 Å². The molecule has 2 heterocycles. The largest absolute Gasteiger partial charge is 0.478 e. The molecule has 0 fully saturated rings. The Morgan fingerprint density at radius 2 is 1.01 bits per heavy atom. The Kier molecular flexibility index (Phi) is 16.0. The van der Waals surface area contributed by atoms with Gasteiger partial charge in [-0.15, -0.1) is 0 Å². The van der Waals surface area contributed by atoms with E-state index in [0.29, 0.717) is 18.8 Å². The summed E-state index contributed by atoms with van der Waals surface area (Å²) in [5.74, 6) is -1.84. The van der Waals surface area contributed by atoms with Crippen LogP contribution in [0.4, 0.5) is 8.78 Å². The predicted molar refractivity (Wildman–Crippen MR) is 293 cm³/mol. The summed E-state index contributed by atoms with van der Waals surface area (Å²) in [6.45, 7) is 32.1. The molecule has 6 aromatic rings. The van der Waals surface area contributed by atoms with Crippen molar-refractivity contribution in [1.82, 2.24) is 9.97 Å². The summed E-state index contributed by atoms with van der Waals surface area (Å²) >= 11 is 0. The average Bonchev–Trinajstić information content (AvgIpc) is 3.61. The average molecular weight is 995 g/mol. The van der Waals surface area contributed by atoms with Gasteiger partial charge in [-0.2, -0.15) is 0 Å². The lowest BCUT2D eigenvalue weighted by Crippen LogP contribution is -2.40. The third kappa shape index (κ3) is 11.4. The third-order valence-electron chi connectivity index (χ3n) is 15.6. The van der Waals surface area contributed by atoms with Gasteiger partial charge in [0.2, 0.25) is 0 Å². The number of hydrogen-bond donors (Lipinski definition) is 1. The van der Waals surface area contributed by atoms with Crippen LogP contribution >= 0.6 is 0 Å². The maximum atomic E-state index is 14.5. The van der Waals surface area contributed by atoms with E-state index < -0.39 is 28.4 Å². The molecule has 4 aromatic carbocycles. The van der Waals surface area contributed by atoms with Crippen LogP contribution in [0.25, 0.3) is 44.8 Å². The summed E-state index contributed by atoms with van der Waals surface area (Å²) in [4.78, 5) is 22.5. The van der Waals surface area contributed by atoms with Gasteiger partial charge in [-0.1, -0.05) is 136 Å². The molecule has 0 amide bonds. The number of aromatic carboxylic acids is 1. The minimum Gasteiger partial charge on any atom is -0.478 e. The Balaban J connectivity index is 0.000000209. The molecular weight excluding hydrogens is 919 g/mol. The van der Waals surface area contributed by atoms with Crippen LogP contribution in [0.1, 0.15) is 149 Å². The van der Waals surface area contributed by atoms with Crippen molar-refractivity contribution in [2.45, 2.75) is 169 Å². The van der Waals surface area contributed by atoms with Gasteiger partial charge in [0.05, 0.1) is 30.2 Å². The highest BCUT2D eigenvalue weighted by Crippen LogP contribution is 2.46. The van der Waals surface area contributed by atoms with Gasteiger partial charge < -0.3 is 14.0 Å². The smallest absolute Gasteiger partial charge is 0.338 e. The fourth-order valence-electron chi connectivity index (χ4n) is 9.49. The van der Waals surface area contributed by atoms with Crippen molar-refractivity contribution in [3.63, 3.8) is 0 Å². The fraction of sp³-hybridized carbons (Fsp3) is 0.426. The summed E-state index contributed by atoms with van der Waals surface area (Å²) in [7, 11) is -4.06. The number of pyridine rings is 2. The Labute approximate surface area is 425 Å². The van der Waals surface area contributed by atoms with Crippen LogP contribution < -0.4 is 0 Å². The number of nitrogens with zero attached hydrogens (tertiary/aromatic N) is 2. The third-order valence-corrected chi connectivity index (χ3v) is 24.6. The lowest BCUT2D eigenvalue weighted by molar-refractivity contribution is 0.0692. The first-order chi connectivity index (χ1) is 33.3. The van der Waals surface area contributed by atoms with Crippen LogP contribution in [0.3, 0.4) is 0 Å². The molecule has 0 bridgehead atoms. The number of halogens is 2. The zero-order valence-corrected chi connectivity index (χ0v) is 46.8. The highest BCUT2D eigenvalue weighted by Gasteiger charge is 2.39. The molecule has 0 radical (unpaired) electrons. The van der Waals surface area contributed by atoms with Gasteiger partial charge in [-0.25, -0.2) is 13.6 Å². The number of fused-ring (bicyclic) bond motifs is 6. The minimum atomic E-state index is -2.09. The van der Waals surface area contributed by atoms with E-state index in [1.165, 1.54) is 45.5 Å². The Morgan fingerprint density at radius 3 is 1.42 bits per heavy atom. The predicted octanol–water partition coefficient (Wildman–Crippen LogP) is 17.1. The molecule has 6 nitrogen and oxygen atoms in total. The number of carboxylic acids is 1. The van der Waals surface area contributed by atoms with E-state index in [4.69, 9.17) is 18.8 Å². The van der Waals surface area contributed by atoms with Gasteiger partial charge in [0.15, 0.2) is 16.6 Å². The zero-order chi connectivity index (χ0) is 51.8. The van der Waals surface area contributed by atoms with Crippen molar-refractivity contribution < 1.29 is 27.5 Å². The Bertz CT molecular complexity index is 2910. The molecular formula is C61H76F2N2O4Si2. The van der Waals surface area contributed by atoms with Gasteiger partial charge in [0.1, 0.15) is 11.6 Å². The molecule has 2 aliphatic carbocycles. The van der Waals surface area contributed by atoms with Crippen LogP contribution in [0.2, 0.25) is 36.3 Å². The first-order valence-corrected chi connectivity index (χ1v) is 31.5. The number of hydrogen-bond acceptors (Lipinski definition) is 5. The first-order valence-electron chi connectivity index (χ1n) is 25.7. The van der Waals surface area contributed by atoms with Crippen LogP contribution in [0.15, 0.2) is 91.0 Å². The second kappa shape index (κ2) is 21.1. The number of carboxylic acid groups (broad SMARTS) is 1. The summed E-state index contributed by atoms with van der Waals surface area (Å²) in [5.41, 5.74) is 17.2. The molecule has 10 heteroatoms. The van der Waals surface area contributed by atoms with Gasteiger partial charge in [-0.3, -0.25) is 9.97 Å². The van der Waals surface area contributed by atoms with Crippen LogP contribution in [-0.4, -0.2) is 37.7 Å². The fourth-order valence-corrected chi connectivity index (χ4v) is 11.4. The minimum absolute atomic E-state index is 0.0373. The molecule has 2 aromatic heterocycles. The summed E-state index contributed by atoms with van der Waals surface area (Å²) in [5, 5.41) is 9.85. The van der Waals surface area contributed by atoms with E-state index in [1.807, 2.05) is 18.2 Å². The Morgan fingerprint density at radius 1 is 0.606 bits per heavy atom. The molecule has 1 N–H and O–H groups in total. The molecule has 376 valence electrons. The maximum Gasteiger partial charge on any atom is 0.338 e. The molecule has 0 saturated carbocycles. The second-order valence-corrected chi connectivity index (χ2v) is 32.9. The van der Waals surface area contributed by atoms with Gasteiger partial charge in [-0.05, 0) is 155 Å². The highest BCUT2D eigenvalue weighted by molar-refractivity contribution is 6.74. The second-order valence-electron chi connectivity index (χ2n) is 23.3. The maximum absolute atomic E-state index is 14.5. The molecule has 8 rings (SSSR count). The van der Waals surface area contributed by atoms with Gasteiger partial charge in [0.25, 0.3) is 0 Å². The number of aromatic nitrogens is 2. The van der Waals surface area contributed by atoms with Crippen molar-refractivity contribution in [3.05, 3.63) is 153 Å². The lowest BCUT2D eigenvalue weighted by Gasteiger charge is -2.37. The monoisotopic (exact) mass is 995 g/mol. The van der Waals surface area contributed by atoms with Crippen molar-refractivity contribution in [2.75, 3.05) is 0 Å². The van der Waals surface area contributed by atoms with Gasteiger partial charge >= 0.3 is 5.97 Å². The molecule has 2 aliphatic rings. The first kappa shape index (κ1) is 53.7. The van der Waals surface area contributed by atoms with Crippen LogP contribution in [-0.2, 0) is 47.7 Å². The number of rotatable bonds is 11. The quantitative estimate of drug-likeness (QED) is 0.130. The van der Waals surface area contributed by atoms with E-state index in [2.05, 4.69) is 138 Å². The SMILES string of the molecule is CC(C)c1nc2c(c(-c3ccc(F)c(C(=O)O)c3)c1CO[Si](C)(C)C(C)(C)C)CCCc1ccccc1-2.CC(C)c1nc2c(c(-c3ccc(F)cc3)c1CO[Si](C)(C)C(C)(C)C)CCCc1ccccc1-2. The zero-order valence-electron chi connectivity index (χ0n) is 44.8. The van der Waals surface area contributed by atoms with E-state index in [-0.39, 0.29) is 33.3 Å². The molecule has 71 heavy (non-hydrogen) atoms. The van der Waals surface area contributed by atoms with E-state index in [0.717, 1.165) is 89.1 Å². The van der Waals surface area contributed by atoms with Crippen LogP contribution in [0, 0.1) is 11.6 Å². The van der Waals surface area contributed by atoms with Crippen molar-refractivity contribution in [2.24, 2.45) is 0 Å². The molecule has 0 saturated heterocycles. The Hall–Kier alpha value is -5.14. The molecule has 0 aliphatic heterocycles. The lowest BCUT2D eigenvalue weighted by atomic mass is 9.86. The van der Waals surface area contributed by atoms with Crippen molar-refractivity contribution >= 4 is 22.6 Å². The molecule has 0 unspecified atom stereocenters. The normalized spacial score (nSPS) is 13.9.